The predicted octanol–water partition coefficient (Wildman–Crippen LogP) is 2.44. The molecule has 0 aromatic rings. The molecule has 0 saturated heterocycles. The van der Waals surface area contributed by atoms with Gasteiger partial charge in [-0.25, -0.2) is 0 Å². The second-order valence-corrected chi connectivity index (χ2v) is 37.2. The number of carbonyl (C=O) groups is 1. The van der Waals surface area contributed by atoms with E-state index in [4.69, 9.17) is 0 Å². The zero-order valence-corrected chi connectivity index (χ0v) is 14.1. The maximum atomic E-state index is 9.82. The molecule has 0 aliphatic rings. The van der Waals surface area contributed by atoms with Gasteiger partial charge in [0.05, 0.1) is 0 Å². The molecule has 0 aliphatic carbocycles. The SMILES string of the molecule is CCC(C)C(=O)[O-].[I][V]([I])[I]. The van der Waals surface area contributed by atoms with Crippen molar-refractivity contribution in [2.24, 2.45) is 5.92 Å². The van der Waals surface area contributed by atoms with Crippen molar-refractivity contribution >= 4 is 65.9 Å². The van der Waals surface area contributed by atoms with Gasteiger partial charge in [0.2, 0.25) is 0 Å². The van der Waals surface area contributed by atoms with Gasteiger partial charge in [-0.1, -0.05) is 13.8 Å². The summed E-state index contributed by atoms with van der Waals surface area (Å²) in [5.74, 6) is -1.25. The van der Waals surface area contributed by atoms with E-state index in [9.17, 15) is 9.90 Å². The Morgan fingerprint density at radius 3 is 1.82 bits per heavy atom. The number of hydrogen-bond donors (Lipinski definition) is 0. The van der Waals surface area contributed by atoms with Gasteiger partial charge in [0.1, 0.15) is 0 Å². The van der Waals surface area contributed by atoms with Gasteiger partial charge in [-0.2, -0.15) is 0 Å². The average molecular weight is 533 g/mol. The number of halogens is 3. The fourth-order valence-corrected chi connectivity index (χ4v) is 0.167. The number of carboxylic acids is 1. The number of rotatable bonds is 2. The van der Waals surface area contributed by atoms with Crippen molar-refractivity contribution in [3.05, 3.63) is 0 Å². The summed E-state index contributed by atoms with van der Waals surface area (Å²) < 4.78 is 0. The first-order chi connectivity index (χ1) is 4.91. The third-order valence-electron chi connectivity index (χ3n) is 1.01. The third-order valence-corrected chi connectivity index (χ3v) is 1.01. The van der Waals surface area contributed by atoms with Crippen molar-refractivity contribution in [2.45, 2.75) is 20.3 Å². The molecular weight excluding hydrogens is 524 g/mol. The first-order valence-electron chi connectivity index (χ1n) is 2.90. The van der Waals surface area contributed by atoms with Crippen LogP contribution in [0.25, 0.3) is 0 Å². The van der Waals surface area contributed by atoms with E-state index in [1.54, 1.807) is 6.92 Å². The van der Waals surface area contributed by atoms with Gasteiger partial charge in [-0.15, -0.1) is 0 Å². The van der Waals surface area contributed by atoms with Gasteiger partial charge in [0, 0.05) is 5.97 Å². The van der Waals surface area contributed by atoms with Crippen LogP contribution in [0.2, 0.25) is 0 Å². The summed E-state index contributed by atoms with van der Waals surface area (Å²) in [6.45, 7) is 3.45. The van der Waals surface area contributed by atoms with Gasteiger partial charge in [-0.05, 0) is 12.3 Å². The maximum absolute atomic E-state index is 9.82. The Balaban J connectivity index is 0. The van der Waals surface area contributed by atoms with E-state index in [1.165, 1.54) is 0 Å². The van der Waals surface area contributed by atoms with Gasteiger partial charge >= 0.3 is 64.9 Å². The molecule has 0 radical (unpaired) electrons. The molecule has 0 aromatic carbocycles. The molecule has 0 amide bonds. The molecule has 0 rings (SSSR count). The Kier molecular flexibility index (Phi) is 14.7. The summed E-state index contributed by atoms with van der Waals surface area (Å²) in [5.41, 5.74) is 0. The van der Waals surface area contributed by atoms with Crippen LogP contribution in [0.4, 0.5) is 0 Å². The molecule has 0 fully saturated rings. The molecule has 0 heterocycles. The topological polar surface area (TPSA) is 40.1 Å². The summed E-state index contributed by atoms with van der Waals surface area (Å²) in [5, 5.41) is 9.82. The van der Waals surface area contributed by atoms with Gasteiger partial charge in [-0.3, -0.25) is 0 Å². The number of hydrogen-bond acceptors (Lipinski definition) is 2. The molecule has 0 aliphatic heterocycles. The molecule has 1 atom stereocenters. The second-order valence-electron chi connectivity index (χ2n) is 1.82. The van der Waals surface area contributed by atoms with Crippen LogP contribution in [0.3, 0.4) is 0 Å². The fraction of sp³-hybridized carbons (Fsp3) is 0.800. The van der Waals surface area contributed by atoms with Crippen LogP contribution in [0.15, 0.2) is 0 Å². The Morgan fingerprint density at radius 1 is 1.55 bits per heavy atom. The third kappa shape index (κ3) is 18.9. The Bertz CT molecular complexity index is 107. The molecule has 0 saturated carbocycles. The summed E-state index contributed by atoms with van der Waals surface area (Å²) in [4.78, 5) is 9.54. The van der Waals surface area contributed by atoms with Crippen molar-refractivity contribution in [1.29, 1.82) is 0 Å². The van der Waals surface area contributed by atoms with Crippen molar-refractivity contribution in [3.8, 4) is 0 Å². The Hall–Kier alpha value is 2.24. The van der Waals surface area contributed by atoms with Crippen LogP contribution in [-0.2, 0) is 9.72 Å². The molecule has 0 bridgehead atoms. The minimum atomic E-state index is -0.956. The average Bonchev–Trinajstić information content (AvgIpc) is 1.85. The van der Waals surface area contributed by atoms with E-state index < -0.39 is 5.97 Å². The number of carbonyl (C=O) groups excluding carboxylic acids is 1. The standard InChI is InChI=1S/C5H10O2.3HI.V/c1-3-4(2)5(6)7;;;;/h4H,3H2,1-2H3,(H,6,7);3*1H;/q;;;;+3/p-4. The molecule has 0 spiro atoms. The van der Waals surface area contributed by atoms with E-state index in [-0.39, 0.29) is 10.8 Å². The predicted molar refractivity (Wildman–Crippen MR) is 66.5 cm³/mol. The van der Waals surface area contributed by atoms with E-state index in [1.807, 2.05) is 6.92 Å². The van der Waals surface area contributed by atoms with Crippen LogP contribution in [0.1, 0.15) is 20.3 Å². The molecule has 1 unspecified atom stereocenters. The summed E-state index contributed by atoms with van der Waals surface area (Å²) in [6.07, 6.45) is 0.655. The van der Waals surface area contributed by atoms with Crippen molar-refractivity contribution < 1.29 is 14.8 Å². The quantitative estimate of drug-likeness (QED) is 0.513. The van der Waals surface area contributed by atoms with E-state index >= 15 is 0 Å². The van der Waals surface area contributed by atoms with Crippen molar-refractivity contribution in [2.75, 3.05) is 0 Å². The molecule has 68 valence electrons. The van der Waals surface area contributed by atoms with Gasteiger partial charge in [0.15, 0.2) is 0 Å². The molecule has 0 N–H and O–H groups in total. The van der Waals surface area contributed by atoms with Crippen LogP contribution < -0.4 is 5.11 Å². The zero-order chi connectivity index (χ0) is 9.44. The first-order valence-corrected chi connectivity index (χ1v) is 16.4. The zero-order valence-electron chi connectivity index (χ0n) is 6.18. The van der Waals surface area contributed by atoms with Crippen LogP contribution >= 0.6 is 59.9 Å². The van der Waals surface area contributed by atoms with Crippen molar-refractivity contribution in [1.82, 2.24) is 0 Å². The summed E-state index contributed by atoms with van der Waals surface area (Å²) >= 11 is 7.39. The normalized spacial score (nSPS) is 11.8. The van der Waals surface area contributed by atoms with Gasteiger partial charge in [0.25, 0.3) is 0 Å². The summed E-state index contributed by atoms with van der Waals surface area (Å²) in [7, 11) is 0. The molecule has 11 heavy (non-hydrogen) atoms. The van der Waals surface area contributed by atoms with Crippen LogP contribution in [0, 0.1) is 5.92 Å². The molecule has 2 nitrogen and oxygen atoms in total. The van der Waals surface area contributed by atoms with Crippen molar-refractivity contribution in [3.63, 3.8) is 0 Å². The van der Waals surface area contributed by atoms with Gasteiger partial charge < -0.3 is 9.90 Å². The Morgan fingerprint density at radius 2 is 1.82 bits per heavy atom. The number of aliphatic carboxylic acids is 1. The molecule has 6 heteroatoms. The van der Waals surface area contributed by atoms with Crippen LogP contribution in [0.5, 0.6) is 0 Å². The Labute approximate surface area is 105 Å². The summed E-state index contributed by atoms with van der Waals surface area (Å²) in [6, 6.07) is 0. The monoisotopic (exact) mass is 533 g/mol. The van der Waals surface area contributed by atoms with E-state index in [0.29, 0.717) is 6.42 Å². The van der Waals surface area contributed by atoms with Crippen LogP contribution in [-0.4, -0.2) is 5.97 Å². The minimum absolute atomic E-state index is 0.278. The van der Waals surface area contributed by atoms with E-state index in [0.717, 1.165) is 0 Å². The van der Waals surface area contributed by atoms with E-state index in [2.05, 4.69) is 59.9 Å². The fourth-order valence-electron chi connectivity index (χ4n) is 0.167. The number of carboxylic acid groups (broad SMARTS) is 1. The molecular formula is C5H9I3O2V-. The second kappa shape index (κ2) is 10.3. The first kappa shape index (κ1) is 15.7. The molecule has 0 aromatic heterocycles.